The summed E-state index contributed by atoms with van der Waals surface area (Å²) < 4.78 is 34.6. The van der Waals surface area contributed by atoms with Gasteiger partial charge in [0.25, 0.3) is 5.91 Å². The van der Waals surface area contributed by atoms with Gasteiger partial charge in [0.2, 0.25) is 5.91 Å². The molecule has 180 valence electrons. The average molecular weight is 538 g/mol. The van der Waals surface area contributed by atoms with Crippen molar-refractivity contribution >= 4 is 69.4 Å². The molecule has 0 saturated heterocycles. The molecule has 1 N–H and O–H groups in total. The molecule has 12 heteroatoms. The minimum absolute atomic E-state index is 0.0625. The van der Waals surface area contributed by atoms with Crippen molar-refractivity contribution in [3.8, 4) is 5.75 Å². The van der Waals surface area contributed by atoms with Gasteiger partial charge in [0.15, 0.2) is 5.17 Å². The Morgan fingerprint density at radius 3 is 2.51 bits per heavy atom. The van der Waals surface area contributed by atoms with Crippen LogP contribution in [0.4, 0.5) is 20.2 Å². The Morgan fingerprint density at radius 1 is 1.17 bits per heavy atom. The zero-order chi connectivity index (χ0) is 24.9. The fourth-order valence-electron chi connectivity index (χ4n) is 3.06. The molecule has 0 bridgehead atoms. The van der Waals surface area contributed by atoms with Gasteiger partial charge in [-0.1, -0.05) is 35.0 Å². The van der Waals surface area contributed by atoms with E-state index in [2.05, 4.69) is 15.0 Å². The molecule has 0 fully saturated rings. The maximum absolute atomic E-state index is 13.1. The van der Waals surface area contributed by atoms with Gasteiger partial charge in [0.1, 0.15) is 17.2 Å². The van der Waals surface area contributed by atoms with E-state index < -0.39 is 12.5 Å². The molecule has 0 unspecified atom stereocenters. The molecule has 0 atom stereocenters. The Hall–Kier alpha value is -3.34. The van der Waals surface area contributed by atoms with Gasteiger partial charge in [-0.05, 0) is 54.6 Å². The molecule has 1 aliphatic heterocycles. The molecular weight excluding hydrogens is 523 g/mol. The number of carbonyl (C=O) groups excluding carboxylic acids is 2. The van der Waals surface area contributed by atoms with E-state index in [1.54, 1.807) is 24.3 Å². The van der Waals surface area contributed by atoms with Crippen molar-refractivity contribution in [2.24, 2.45) is 4.99 Å². The number of carbonyl (C=O) groups is 2. The fraction of sp³-hybridized carbons (Fsp3) is 0.0870. The van der Waals surface area contributed by atoms with Crippen molar-refractivity contribution in [1.82, 2.24) is 0 Å². The number of ether oxygens (including phenoxy) is 1. The molecular formula is C23H15Cl2F2N3O4S. The SMILES string of the molecule is O=C(CSC1=N/C(=C\c2ccco2)C(=O)N1c1ccc(OC(F)F)cc1)Nc1cc(Cl)cc(Cl)c1. The standard InChI is InChI=1S/C23H15Cl2F2N3O4S/c24-13-8-14(25)10-15(9-13)28-20(31)12-35-23-29-19(11-18-2-1-7-33-18)21(32)30(23)16-3-5-17(6-4-16)34-22(26)27/h1-11,22H,12H2,(H,28,31)/b19-11-. The average Bonchev–Trinajstić information content (AvgIpc) is 3.40. The summed E-state index contributed by atoms with van der Waals surface area (Å²) >= 11 is 12.9. The topological polar surface area (TPSA) is 84.1 Å². The Labute approximate surface area is 212 Å². The number of alkyl halides is 2. The monoisotopic (exact) mass is 537 g/mol. The van der Waals surface area contributed by atoms with Crippen molar-refractivity contribution in [3.05, 3.63) is 82.4 Å². The van der Waals surface area contributed by atoms with Crippen LogP contribution in [-0.2, 0) is 9.59 Å². The largest absolute Gasteiger partial charge is 0.465 e. The second kappa shape index (κ2) is 10.9. The van der Waals surface area contributed by atoms with Gasteiger partial charge in [-0.2, -0.15) is 8.78 Å². The first-order valence-corrected chi connectivity index (χ1v) is 11.6. The molecule has 3 aromatic rings. The molecule has 2 heterocycles. The summed E-state index contributed by atoms with van der Waals surface area (Å²) in [7, 11) is 0. The molecule has 2 aromatic carbocycles. The van der Waals surface area contributed by atoms with E-state index in [9.17, 15) is 18.4 Å². The van der Waals surface area contributed by atoms with Crippen LogP contribution >= 0.6 is 35.0 Å². The van der Waals surface area contributed by atoms with Gasteiger partial charge in [0, 0.05) is 21.8 Å². The van der Waals surface area contributed by atoms with E-state index in [1.807, 2.05) is 0 Å². The van der Waals surface area contributed by atoms with Gasteiger partial charge in [-0.3, -0.25) is 14.5 Å². The number of anilines is 2. The minimum atomic E-state index is -2.97. The quantitative estimate of drug-likeness (QED) is 0.357. The Balaban J connectivity index is 1.54. The van der Waals surface area contributed by atoms with Gasteiger partial charge in [-0.25, -0.2) is 4.99 Å². The van der Waals surface area contributed by atoms with Crippen molar-refractivity contribution in [2.75, 3.05) is 16.0 Å². The van der Waals surface area contributed by atoms with Gasteiger partial charge in [0.05, 0.1) is 17.7 Å². The maximum Gasteiger partial charge on any atom is 0.387 e. The third kappa shape index (κ3) is 6.41. The zero-order valence-electron chi connectivity index (χ0n) is 17.6. The van der Waals surface area contributed by atoms with Crippen molar-refractivity contribution in [2.45, 2.75) is 6.61 Å². The summed E-state index contributed by atoms with van der Waals surface area (Å²) in [5.74, 6) is -0.596. The number of rotatable bonds is 7. The van der Waals surface area contributed by atoms with E-state index >= 15 is 0 Å². The summed E-state index contributed by atoms with van der Waals surface area (Å²) in [5, 5.41) is 3.63. The number of amides is 2. The summed E-state index contributed by atoms with van der Waals surface area (Å²) in [6, 6.07) is 13.4. The molecule has 1 aromatic heterocycles. The van der Waals surface area contributed by atoms with Crippen LogP contribution in [0.1, 0.15) is 5.76 Å². The van der Waals surface area contributed by atoms with Crippen LogP contribution in [0, 0.1) is 0 Å². The second-order valence-corrected chi connectivity index (χ2v) is 8.76. The number of aliphatic imine (C=N–C) groups is 1. The number of thioether (sulfide) groups is 1. The van der Waals surface area contributed by atoms with Crippen LogP contribution in [0.5, 0.6) is 5.75 Å². The highest BCUT2D eigenvalue weighted by Crippen LogP contribution is 2.31. The number of benzene rings is 2. The predicted molar refractivity (Wildman–Crippen MR) is 132 cm³/mol. The Morgan fingerprint density at radius 2 is 1.89 bits per heavy atom. The second-order valence-electron chi connectivity index (χ2n) is 6.95. The van der Waals surface area contributed by atoms with Crippen LogP contribution in [0.2, 0.25) is 10.0 Å². The molecule has 35 heavy (non-hydrogen) atoms. The number of halogens is 4. The van der Waals surface area contributed by atoms with Crippen molar-refractivity contribution in [3.63, 3.8) is 0 Å². The first-order chi connectivity index (χ1) is 16.8. The Kier molecular flexibility index (Phi) is 7.74. The molecule has 0 radical (unpaired) electrons. The number of nitrogens with zero attached hydrogens (tertiary/aromatic N) is 2. The van der Waals surface area contributed by atoms with E-state index in [-0.39, 0.29) is 28.3 Å². The molecule has 0 aliphatic carbocycles. The van der Waals surface area contributed by atoms with Crippen LogP contribution in [0.15, 0.2) is 76.0 Å². The van der Waals surface area contributed by atoms with Crippen molar-refractivity contribution < 1.29 is 27.5 Å². The molecule has 7 nitrogen and oxygen atoms in total. The summed E-state index contributed by atoms with van der Waals surface area (Å²) in [6.07, 6.45) is 2.92. The van der Waals surface area contributed by atoms with Gasteiger partial charge >= 0.3 is 6.61 Å². The Bertz CT molecular complexity index is 1280. The smallest absolute Gasteiger partial charge is 0.387 e. The summed E-state index contributed by atoms with van der Waals surface area (Å²) in [6.45, 7) is -2.97. The molecule has 0 spiro atoms. The number of nitrogens with one attached hydrogen (secondary N) is 1. The van der Waals surface area contributed by atoms with Crippen LogP contribution in [0.3, 0.4) is 0 Å². The lowest BCUT2D eigenvalue weighted by Crippen LogP contribution is -2.31. The van der Waals surface area contributed by atoms with Crippen LogP contribution in [0.25, 0.3) is 6.08 Å². The predicted octanol–water partition coefficient (Wildman–Crippen LogP) is 6.30. The van der Waals surface area contributed by atoms with E-state index in [0.29, 0.717) is 27.2 Å². The highest BCUT2D eigenvalue weighted by Gasteiger charge is 2.32. The van der Waals surface area contributed by atoms with Crippen LogP contribution in [-0.4, -0.2) is 29.3 Å². The number of furan rings is 1. The normalized spacial score (nSPS) is 14.5. The van der Waals surface area contributed by atoms with E-state index in [4.69, 9.17) is 27.6 Å². The van der Waals surface area contributed by atoms with Gasteiger partial charge in [-0.15, -0.1) is 0 Å². The summed E-state index contributed by atoms with van der Waals surface area (Å²) in [4.78, 5) is 31.3. The molecule has 4 rings (SSSR count). The lowest BCUT2D eigenvalue weighted by atomic mass is 10.2. The fourth-order valence-corrected chi connectivity index (χ4v) is 4.40. The molecule has 2 amide bonds. The maximum atomic E-state index is 13.1. The number of hydrogen-bond donors (Lipinski definition) is 1. The highest BCUT2D eigenvalue weighted by atomic mass is 35.5. The third-order valence-corrected chi connectivity index (χ3v) is 5.83. The highest BCUT2D eigenvalue weighted by molar-refractivity contribution is 8.14. The van der Waals surface area contributed by atoms with Gasteiger partial charge < -0.3 is 14.5 Å². The summed E-state index contributed by atoms with van der Waals surface area (Å²) in [5.41, 5.74) is 0.854. The number of hydrogen-bond acceptors (Lipinski definition) is 6. The zero-order valence-corrected chi connectivity index (χ0v) is 19.9. The first-order valence-electron chi connectivity index (χ1n) is 9.90. The van der Waals surface area contributed by atoms with E-state index in [0.717, 1.165) is 11.8 Å². The lowest BCUT2D eigenvalue weighted by molar-refractivity contribution is -0.114. The first kappa shape index (κ1) is 24.8. The van der Waals surface area contributed by atoms with Crippen LogP contribution < -0.4 is 15.0 Å². The minimum Gasteiger partial charge on any atom is -0.465 e. The number of amidine groups is 1. The van der Waals surface area contributed by atoms with Crippen molar-refractivity contribution in [1.29, 1.82) is 0 Å². The molecule has 1 aliphatic rings. The lowest BCUT2D eigenvalue weighted by Gasteiger charge is -2.18. The molecule has 0 saturated carbocycles. The van der Waals surface area contributed by atoms with E-state index in [1.165, 1.54) is 47.6 Å². The third-order valence-electron chi connectivity index (χ3n) is 4.45.